The largest absolute Gasteiger partial charge is 0.364 e. The summed E-state index contributed by atoms with van der Waals surface area (Å²) in [6.07, 6.45) is 1.22. The van der Waals surface area contributed by atoms with E-state index in [1.807, 2.05) is 18.7 Å². The van der Waals surface area contributed by atoms with E-state index in [-0.39, 0.29) is 0 Å². The van der Waals surface area contributed by atoms with Crippen LogP contribution in [0.4, 0.5) is 5.69 Å². The third-order valence-corrected chi connectivity index (χ3v) is 4.90. The van der Waals surface area contributed by atoms with Crippen LogP contribution in [0.2, 0.25) is 0 Å². The monoisotopic (exact) mass is 277 g/mol. The molecule has 2 aromatic rings. The first-order chi connectivity index (χ1) is 8.83. The molecular formula is C13H15N3S2. The van der Waals surface area contributed by atoms with Crippen molar-refractivity contribution >= 4 is 28.8 Å². The number of benzene rings is 1. The van der Waals surface area contributed by atoms with E-state index < -0.39 is 0 Å². The molecule has 0 saturated heterocycles. The van der Waals surface area contributed by atoms with Crippen LogP contribution in [0, 0.1) is 6.92 Å². The van der Waals surface area contributed by atoms with Gasteiger partial charge in [-0.3, -0.25) is 0 Å². The van der Waals surface area contributed by atoms with Gasteiger partial charge < -0.3 is 4.90 Å². The Morgan fingerprint density at radius 1 is 1.28 bits per heavy atom. The first-order valence-electron chi connectivity index (χ1n) is 6.09. The minimum atomic E-state index is 0.878. The molecule has 18 heavy (non-hydrogen) atoms. The van der Waals surface area contributed by atoms with Crippen LogP contribution in [-0.4, -0.2) is 22.5 Å². The molecule has 1 aromatic carbocycles. The number of anilines is 1. The van der Waals surface area contributed by atoms with Gasteiger partial charge in [0.1, 0.15) is 10.0 Å². The van der Waals surface area contributed by atoms with Gasteiger partial charge in [0.15, 0.2) is 0 Å². The molecule has 2 heterocycles. The highest BCUT2D eigenvalue weighted by Crippen LogP contribution is 2.34. The first kappa shape index (κ1) is 12.0. The molecule has 0 unspecified atom stereocenters. The standard InChI is InChI=1S/C13H15N3S2/c1-10-14-15-13(18-10)9-16-7-4-8-17-12-6-3-2-5-11(12)16/h2-3,5-6H,4,7-9H2,1H3. The minimum absolute atomic E-state index is 0.878. The van der Waals surface area contributed by atoms with E-state index >= 15 is 0 Å². The number of nitrogens with zero attached hydrogens (tertiary/aromatic N) is 3. The highest BCUT2D eigenvalue weighted by atomic mass is 32.2. The highest BCUT2D eigenvalue weighted by Gasteiger charge is 2.16. The van der Waals surface area contributed by atoms with Crippen molar-refractivity contribution in [2.75, 3.05) is 17.2 Å². The molecule has 0 fully saturated rings. The van der Waals surface area contributed by atoms with Crippen LogP contribution in [0.3, 0.4) is 0 Å². The van der Waals surface area contributed by atoms with Crippen molar-refractivity contribution in [1.82, 2.24) is 10.2 Å². The molecule has 0 aliphatic carbocycles. The summed E-state index contributed by atoms with van der Waals surface area (Å²) in [6.45, 7) is 3.99. The lowest BCUT2D eigenvalue weighted by Crippen LogP contribution is -2.23. The van der Waals surface area contributed by atoms with Gasteiger partial charge in [-0.05, 0) is 31.2 Å². The molecule has 0 radical (unpaired) electrons. The molecule has 1 aliphatic rings. The van der Waals surface area contributed by atoms with E-state index in [4.69, 9.17) is 0 Å². The molecule has 3 rings (SSSR count). The predicted molar refractivity (Wildman–Crippen MR) is 77.5 cm³/mol. The third kappa shape index (κ3) is 2.52. The molecule has 0 atom stereocenters. The average molecular weight is 277 g/mol. The van der Waals surface area contributed by atoms with Gasteiger partial charge in [0.05, 0.1) is 12.2 Å². The second-order valence-corrected chi connectivity index (χ2v) is 6.71. The van der Waals surface area contributed by atoms with E-state index in [9.17, 15) is 0 Å². The fraction of sp³-hybridized carbons (Fsp3) is 0.385. The Hall–Kier alpha value is -1.07. The SMILES string of the molecule is Cc1nnc(CN2CCCSc3ccccc32)s1. The summed E-state index contributed by atoms with van der Waals surface area (Å²) >= 11 is 3.65. The maximum atomic E-state index is 4.23. The summed E-state index contributed by atoms with van der Waals surface area (Å²) in [5.41, 5.74) is 1.34. The number of rotatable bonds is 2. The summed E-state index contributed by atoms with van der Waals surface area (Å²) in [7, 11) is 0. The van der Waals surface area contributed by atoms with Crippen molar-refractivity contribution in [2.45, 2.75) is 24.8 Å². The van der Waals surface area contributed by atoms with Crippen LogP contribution in [0.25, 0.3) is 0 Å². The van der Waals surface area contributed by atoms with Gasteiger partial charge in [-0.2, -0.15) is 0 Å². The molecule has 1 aliphatic heterocycles. The molecule has 3 nitrogen and oxygen atoms in total. The molecule has 5 heteroatoms. The fourth-order valence-electron chi connectivity index (χ4n) is 2.13. The lowest BCUT2D eigenvalue weighted by atomic mass is 10.2. The molecule has 0 spiro atoms. The number of aromatic nitrogens is 2. The van der Waals surface area contributed by atoms with Crippen LogP contribution in [0.15, 0.2) is 29.2 Å². The van der Waals surface area contributed by atoms with Gasteiger partial charge >= 0.3 is 0 Å². The summed E-state index contributed by atoms with van der Waals surface area (Å²) in [5, 5.41) is 10.5. The quantitative estimate of drug-likeness (QED) is 0.842. The number of fused-ring (bicyclic) bond motifs is 1. The molecule has 0 saturated carbocycles. The predicted octanol–water partition coefficient (Wildman–Crippen LogP) is 3.35. The Morgan fingerprint density at radius 2 is 2.17 bits per heavy atom. The Morgan fingerprint density at radius 3 is 3.00 bits per heavy atom. The van der Waals surface area contributed by atoms with Crippen molar-refractivity contribution in [1.29, 1.82) is 0 Å². The number of hydrogen-bond donors (Lipinski definition) is 0. The maximum absolute atomic E-state index is 4.23. The second kappa shape index (κ2) is 5.28. The summed E-state index contributed by atoms with van der Waals surface area (Å²) in [6, 6.07) is 8.65. The molecule has 94 valence electrons. The fourth-order valence-corrected chi connectivity index (χ4v) is 3.87. The Kier molecular flexibility index (Phi) is 3.52. The number of thioether (sulfide) groups is 1. The van der Waals surface area contributed by atoms with Crippen LogP contribution in [0.1, 0.15) is 16.4 Å². The number of para-hydroxylation sites is 1. The number of hydrogen-bond acceptors (Lipinski definition) is 5. The van der Waals surface area contributed by atoms with Gasteiger partial charge in [0.2, 0.25) is 0 Å². The van der Waals surface area contributed by atoms with Crippen LogP contribution < -0.4 is 4.90 Å². The topological polar surface area (TPSA) is 29.0 Å². The van der Waals surface area contributed by atoms with Crippen LogP contribution >= 0.6 is 23.1 Å². The summed E-state index contributed by atoms with van der Waals surface area (Å²) in [5.74, 6) is 1.20. The van der Waals surface area contributed by atoms with E-state index in [0.717, 1.165) is 23.1 Å². The zero-order chi connectivity index (χ0) is 12.4. The van der Waals surface area contributed by atoms with Crippen molar-refractivity contribution in [3.63, 3.8) is 0 Å². The highest BCUT2D eigenvalue weighted by molar-refractivity contribution is 7.99. The van der Waals surface area contributed by atoms with Gasteiger partial charge in [-0.1, -0.05) is 23.5 Å². The van der Waals surface area contributed by atoms with Crippen molar-refractivity contribution in [3.8, 4) is 0 Å². The lowest BCUT2D eigenvalue weighted by Gasteiger charge is -2.23. The van der Waals surface area contributed by atoms with E-state index in [1.54, 1.807) is 11.3 Å². The number of aryl methyl sites for hydroxylation is 1. The lowest BCUT2D eigenvalue weighted by molar-refractivity contribution is 0.760. The summed E-state index contributed by atoms with van der Waals surface area (Å²) < 4.78 is 0. The van der Waals surface area contributed by atoms with Crippen LogP contribution in [-0.2, 0) is 6.54 Å². The molecule has 0 N–H and O–H groups in total. The van der Waals surface area contributed by atoms with Gasteiger partial charge in [0, 0.05) is 11.4 Å². The van der Waals surface area contributed by atoms with E-state index in [0.29, 0.717) is 0 Å². The van der Waals surface area contributed by atoms with E-state index in [2.05, 4.69) is 39.4 Å². The van der Waals surface area contributed by atoms with Crippen molar-refractivity contribution < 1.29 is 0 Å². The smallest absolute Gasteiger partial charge is 0.136 e. The molecule has 1 aromatic heterocycles. The van der Waals surface area contributed by atoms with Gasteiger partial charge in [0.25, 0.3) is 0 Å². The Bertz CT molecular complexity index is 539. The summed E-state index contributed by atoms with van der Waals surface area (Å²) in [4.78, 5) is 3.81. The molecule has 0 bridgehead atoms. The minimum Gasteiger partial charge on any atom is -0.364 e. The van der Waals surface area contributed by atoms with E-state index in [1.165, 1.54) is 22.8 Å². The van der Waals surface area contributed by atoms with Gasteiger partial charge in [-0.25, -0.2) is 0 Å². The average Bonchev–Trinajstić information content (AvgIpc) is 2.68. The molecule has 0 amide bonds. The Balaban J connectivity index is 1.87. The van der Waals surface area contributed by atoms with Gasteiger partial charge in [-0.15, -0.1) is 22.0 Å². The maximum Gasteiger partial charge on any atom is 0.136 e. The van der Waals surface area contributed by atoms with Crippen molar-refractivity contribution in [3.05, 3.63) is 34.3 Å². The zero-order valence-corrected chi connectivity index (χ0v) is 11.9. The zero-order valence-electron chi connectivity index (χ0n) is 10.3. The van der Waals surface area contributed by atoms with Crippen LogP contribution in [0.5, 0.6) is 0 Å². The first-order valence-corrected chi connectivity index (χ1v) is 7.89. The normalized spacial score (nSPS) is 15.3. The second-order valence-electron chi connectivity index (χ2n) is 4.31. The third-order valence-electron chi connectivity index (χ3n) is 2.93. The van der Waals surface area contributed by atoms with Crippen molar-refractivity contribution in [2.24, 2.45) is 0 Å². The molecular weight excluding hydrogens is 262 g/mol. The Labute approximate surface area is 115 Å².